The van der Waals surface area contributed by atoms with E-state index in [-0.39, 0.29) is 11.5 Å². The molecule has 2 N–H and O–H groups in total. The van der Waals surface area contributed by atoms with E-state index in [2.05, 4.69) is 6.92 Å². The van der Waals surface area contributed by atoms with E-state index < -0.39 is 11.7 Å². The van der Waals surface area contributed by atoms with Gasteiger partial charge in [0.25, 0.3) is 0 Å². The van der Waals surface area contributed by atoms with E-state index in [4.69, 9.17) is 0 Å². The Morgan fingerprint density at radius 2 is 1.13 bits per heavy atom. The first-order valence-electron chi connectivity index (χ1n) is 9.79. The van der Waals surface area contributed by atoms with E-state index in [0.29, 0.717) is 12.0 Å². The van der Waals surface area contributed by atoms with Crippen LogP contribution in [0.15, 0.2) is 72.8 Å². The zero-order valence-electron chi connectivity index (χ0n) is 16.6. The zero-order chi connectivity index (χ0) is 21.7. The van der Waals surface area contributed by atoms with Crippen molar-refractivity contribution in [2.75, 3.05) is 0 Å². The first kappa shape index (κ1) is 21.5. The van der Waals surface area contributed by atoms with E-state index >= 15 is 0 Å². The molecule has 5 heteroatoms. The molecule has 0 fully saturated rings. The number of allylic oxidation sites excluding steroid dienone is 1. The summed E-state index contributed by atoms with van der Waals surface area (Å²) >= 11 is 0. The third kappa shape index (κ3) is 5.03. The number of benzene rings is 3. The van der Waals surface area contributed by atoms with Gasteiger partial charge in [-0.2, -0.15) is 13.2 Å². The smallest absolute Gasteiger partial charge is 0.416 e. The number of aromatic hydroxyl groups is 2. The fourth-order valence-corrected chi connectivity index (χ4v) is 3.40. The molecule has 0 spiro atoms. The average molecular weight is 412 g/mol. The molecule has 0 saturated carbocycles. The minimum Gasteiger partial charge on any atom is -0.508 e. The monoisotopic (exact) mass is 412 g/mol. The van der Waals surface area contributed by atoms with Crippen LogP contribution in [0.1, 0.15) is 48.4 Å². The minimum atomic E-state index is -4.39. The van der Waals surface area contributed by atoms with E-state index in [0.717, 1.165) is 47.2 Å². The summed E-state index contributed by atoms with van der Waals surface area (Å²) in [6, 6.07) is 18.7. The molecule has 0 saturated heterocycles. The summed E-state index contributed by atoms with van der Waals surface area (Å²) in [5.41, 5.74) is 3.49. The number of hydrogen-bond donors (Lipinski definition) is 2. The topological polar surface area (TPSA) is 40.5 Å². The highest BCUT2D eigenvalue weighted by Crippen LogP contribution is 2.38. The van der Waals surface area contributed by atoms with Crippen molar-refractivity contribution in [2.45, 2.75) is 32.4 Å². The number of rotatable bonds is 6. The van der Waals surface area contributed by atoms with E-state index in [1.54, 1.807) is 48.5 Å². The van der Waals surface area contributed by atoms with Crippen LogP contribution in [0.4, 0.5) is 13.2 Å². The number of phenols is 2. The molecule has 3 aromatic rings. The highest BCUT2D eigenvalue weighted by Gasteiger charge is 2.30. The van der Waals surface area contributed by atoms with Crippen LogP contribution in [0.5, 0.6) is 11.5 Å². The van der Waals surface area contributed by atoms with Crippen LogP contribution < -0.4 is 0 Å². The summed E-state index contributed by atoms with van der Waals surface area (Å²) in [5, 5.41) is 19.4. The molecule has 0 radical (unpaired) electrons. The lowest BCUT2D eigenvalue weighted by atomic mass is 9.86. The van der Waals surface area contributed by atoms with Gasteiger partial charge in [0.2, 0.25) is 0 Å². The fourth-order valence-electron chi connectivity index (χ4n) is 3.40. The van der Waals surface area contributed by atoms with E-state index in [1.165, 1.54) is 12.1 Å². The zero-order valence-corrected chi connectivity index (χ0v) is 16.6. The Morgan fingerprint density at radius 1 is 0.700 bits per heavy atom. The highest BCUT2D eigenvalue weighted by molar-refractivity contribution is 5.98. The van der Waals surface area contributed by atoms with Crippen molar-refractivity contribution in [1.82, 2.24) is 0 Å². The van der Waals surface area contributed by atoms with Crippen LogP contribution in [0.3, 0.4) is 0 Å². The summed E-state index contributed by atoms with van der Waals surface area (Å²) in [5.74, 6) is 0.266. The second kappa shape index (κ2) is 9.08. The summed E-state index contributed by atoms with van der Waals surface area (Å²) in [6.45, 7) is 2.06. The van der Waals surface area contributed by atoms with Crippen molar-refractivity contribution in [3.8, 4) is 11.5 Å². The maximum absolute atomic E-state index is 13.0. The lowest BCUT2D eigenvalue weighted by Gasteiger charge is -2.18. The molecule has 0 amide bonds. The van der Waals surface area contributed by atoms with E-state index in [1.807, 2.05) is 0 Å². The first-order valence-corrected chi connectivity index (χ1v) is 9.79. The Bertz CT molecular complexity index is 953. The Balaban J connectivity index is 2.23. The van der Waals surface area contributed by atoms with Gasteiger partial charge in [0, 0.05) is 0 Å². The third-order valence-electron chi connectivity index (χ3n) is 4.95. The van der Waals surface area contributed by atoms with Crippen LogP contribution in [0.2, 0.25) is 0 Å². The molecule has 156 valence electrons. The number of phenolic OH excluding ortho intramolecular Hbond substituents is 2. The minimum absolute atomic E-state index is 0.133. The lowest BCUT2D eigenvalue weighted by molar-refractivity contribution is -0.137. The van der Waals surface area contributed by atoms with Crippen LogP contribution in [0.25, 0.3) is 11.1 Å². The Kier molecular flexibility index (Phi) is 6.50. The number of unbranched alkanes of at least 4 members (excludes halogenated alkanes) is 1. The van der Waals surface area contributed by atoms with Gasteiger partial charge in [0.05, 0.1) is 5.56 Å². The normalized spacial score (nSPS) is 11.3. The molecular formula is C25H23F3O2. The molecule has 0 heterocycles. The van der Waals surface area contributed by atoms with Gasteiger partial charge in [-0.25, -0.2) is 0 Å². The standard InChI is InChI=1S/C25H23F3O2/c1-2-3-4-23(17-5-11-20(12-6-17)25(26,27)28)24(18-7-13-21(29)14-8-18)19-9-15-22(30)16-10-19/h5-16,29-30H,2-4H2,1H3. The molecule has 0 aliphatic rings. The Labute approximate surface area is 173 Å². The van der Waals surface area contributed by atoms with Gasteiger partial charge in [-0.15, -0.1) is 0 Å². The van der Waals surface area contributed by atoms with Crippen molar-refractivity contribution < 1.29 is 23.4 Å². The quantitative estimate of drug-likeness (QED) is 0.418. The van der Waals surface area contributed by atoms with Crippen molar-refractivity contribution in [3.05, 3.63) is 95.1 Å². The molecule has 0 aliphatic heterocycles. The van der Waals surface area contributed by atoms with Crippen LogP contribution in [-0.4, -0.2) is 10.2 Å². The van der Waals surface area contributed by atoms with Gasteiger partial charge in [-0.05, 0) is 77.1 Å². The number of halogens is 3. The van der Waals surface area contributed by atoms with Gasteiger partial charge in [-0.3, -0.25) is 0 Å². The second-order valence-electron chi connectivity index (χ2n) is 7.13. The average Bonchev–Trinajstić information content (AvgIpc) is 2.72. The molecule has 0 bridgehead atoms. The van der Waals surface area contributed by atoms with E-state index in [9.17, 15) is 23.4 Å². The van der Waals surface area contributed by atoms with Gasteiger partial charge in [-0.1, -0.05) is 49.7 Å². The van der Waals surface area contributed by atoms with Crippen LogP contribution in [-0.2, 0) is 6.18 Å². The lowest BCUT2D eigenvalue weighted by Crippen LogP contribution is -2.04. The molecule has 0 atom stereocenters. The Morgan fingerprint density at radius 3 is 1.53 bits per heavy atom. The summed E-state index contributed by atoms with van der Waals surface area (Å²) in [6.07, 6.45) is -1.90. The fraction of sp³-hybridized carbons (Fsp3) is 0.200. The van der Waals surface area contributed by atoms with Crippen molar-refractivity contribution in [1.29, 1.82) is 0 Å². The molecule has 0 aliphatic carbocycles. The van der Waals surface area contributed by atoms with Gasteiger partial charge >= 0.3 is 6.18 Å². The van der Waals surface area contributed by atoms with Gasteiger partial charge in [0.15, 0.2) is 0 Å². The van der Waals surface area contributed by atoms with Crippen molar-refractivity contribution >= 4 is 11.1 Å². The van der Waals surface area contributed by atoms with Crippen molar-refractivity contribution in [2.24, 2.45) is 0 Å². The highest BCUT2D eigenvalue weighted by atomic mass is 19.4. The summed E-state index contributed by atoms with van der Waals surface area (Å²) < 4.78 is 39.1. The molecule has 3 rings (SSSR count). The molecule has 0 unspecified atom stereocenters. The van der Waals surface area contributed by atoms with Crippen LogP contribution >= 0.6 is 0 Å². The molecular weight excluding hydrogens is 389 g/mol. The predicted octanol–water partition coefficient (Wildman–Crippen LogP) is 7.27. The molecule has 0 aromatic heterocycles. The Hall–Kier alpha value is -3.21. The number of alkyl halides is 3. The van der Waals surface area contributed by atoms with Gasteiger partial charge in [0.1, 0.15) is 11.5 Å². The molecule has 3 aromatic carbocycles. The summed E-state index contributed by atoms with van der Waals surface area (Å²) in [7, 11) is 0. The predicted molar refractivity (Wildman–Crippen MR) is 113 cm³/mol. The summed E-state index contributed by atoms with van der Waals surface area (Å²) in [4.78, 5) is 0. The largest absolute Gasteiger partial charge is 0.508 e. The maximum Gasteiger partial charge on any atom is 0.416 e. The van der Waals surface area contributed by atoms with Gasteiger partial charge < -0.3 is 10.2 Å². The first-order chi connectivity index (χ1) is 14.3. The molecule has 2 nitrogen and oxygen atoms in total. The third-order valence-corrected chi connectivity index (χ3v) is 4.95. The maximum atomic E-state index is 13.0. The van der Waals surface area contributed by atoms with Crippen LogP contribution in [0, 0.1) is 0 Å². The van der Waals surface area contributed by atoms with Crippen molar-refractivity contribution in [3.63, 3.8) is 0 Å². The second-order valence-corrected chi connectivity index (χ2v) is 7.13. The number of hydrogen-bond acceptors (Lipinski definition) is 2. The molecule has 30 heavy (non-hydrogen) atoms. The SMILES string of the molecule is CCCCC(=C(c1ccc(O)cc1)c1ccc(O)cc1)c1ccc(C(F)(F)F)cc1.